The minimum Gasteiger partial charge on any atom is -0.493 e. The summed E-state index contributed by atoms with van der Waals surface area (Å²) in [5, 5.41) is 3.73. The predicted octanol–water partition coefficient (Wildman–Crippen LogP) is 3.99. The van der Waals surface area contributed by atoms with Gasteiger partial charge in [0, 0.05) is 29.0 Å². The minimum absolute atomic E-state index is 0.00726. The molecule has 9 heteroatoms. The fourth-order valence-electron chi connectivity index (χ4n) is 3.30. The van der Waals surface area contributed by atoms with E-state index in [1.807, 2.05) is 0 Å². The number of aromatic nitrogens is 2. The lowest BCUT2D eigenvalue weighted by molar-refractivity contribution is -0.0406. The van der Waals surface area contributed by atoms with Crippen LogP contribution in [0.2, 0.25) is 0 Å². The largest absolute Gasteiger partial charge is 0.493 e. The Morgan fingerprint density at radius 3 is 2.90 bits per heavy atom. The molecule has 1 saturated heterocycles. The van der Waals surface area contributed by atoms with E-state index in [0.717, 1.165) is 13.1 Å². The van der Waals surface area contributed by atoms with Crippen molar-refractivity contribution in [2.45, 2.75) is 6.10 Å². The number of hydrogen-bond acceptors (Lipinski definition) is 7. The number of ether oxygens (including phenoxy) is 3. The van der Waals surface area contributed by atoms with E-state index < -0.39 is 0 Å². The van der Waals surface area contributed by atoms with Crippen LogP contribution in [0.4, 0.5) is 15.9 Å². The number of likely N-dealkylation sites (N-methyl/N-ethyl adjacent to an activating group) is 1. The van der Waals surface area contributed by atoms with Crippen LogP contribution in [0.15, 0.2) is 41.1 Å². The van der Waals surface area contributed by atoms with Gasteiger partial charge in [-0.25, -0.2) is 14.4 Å². The zero-order valence-electron chi connectivity index (χ0n) is 16.7. The molecular formula is C21H22BrFN4O3. The molecule has 30 heavy (non-hydrogen) atoms. The molecule has 0 saturated carbocycles. The van der Waals surface area contributed by atoms with E-state index in [1.54, 1.807) is 31.4 Å². The van der Waals surface area contributed by atoms with Crippen LogP contribution in [0.25, 0.3) is 10.9 Å². The Labute approximate surface area is 182 Å². The number of fused-ring (bicyclic) bond motifs is 1. The van der Waals surface area contributed by atoms with Gasteiger partial charge in [0.05, 0.1) is 24.9 Å². The standard InChI is InChI=1S/C21H22BrFN4O3/c1-27-5-6-29-14(10-27)11-30-20-9-18-15(8-19(20)28-2)21(25-12-24-18)26-17-4-3-13(22)7-16(17)23/h3-4,7-9,12,14H,5-6,10-11H2,1-2H3,(H,24,25,26)/t14-/m1/s1. The highest BCUT2D eigenvalue weighted by Gasteiger charge is 2.20. The van der Waals surface area contributed by atoms with Gasteiger partial charge in [0.15, 0.2) is 11.5 Å². The number of nitrogens with one attached hydrogen (secondary N) is 1. The first kappa shape index (κ1) is 20.8. The lowest BCUT2D eigenvalue weighted by atomic mass is 10.2. The van der Waals surface area contributed by atoms with E-state index in [9.17, 15) is 4.39 Å². The molecule has 1 fully saturated rings. The number of methoxy groups -OCH3 is 1. The van der Waals surface area contributed by atoms with Crippen molar-refractivity contribution in [3.05, 3.63) is 46.9 Å². The Hall–Kier alpha value is -2.49. The Morgan fingerprint density at radius 1 is 1.27 bits per heavy atom. The van der Waals surface area contributed by atoms with Gasteiger partial charge in [0.1, 0.15) is 30.7 Å². The van der Waals surface area contributed by atoms with Crippen LogP contribution in [0.1, 0.15) is 0 Å². The lowest BCUT2D eigenvalue weighted by Gasteiger charge is -2.30. The first-order valence-electron chi connectivity index (χ1n) is 9.51. The summed E-state index contributed by atoms with van der Waals surface area (Å²) in [5.74, 6) is 1.20. The molecule has 0 spiro atoms. The summed E-state index contributed by atoms with van der Waals surface area (Å²) in [6, 6.07) is 8.38. The third-order valence-electron chi connectivity index (χ3n) is 4.87. The minimum atomic E-state index is -0.388. The van der Waals surface area contributed by atoms with E-state index in [1.165, 1.54) is 12.4 Å². The van der Waals surface area contributed by atoms with Crippen molar-refractivity contribution >= 4 is 38.3 Å². The van der Waals surface area contributed by atoms with E-state index >= 15 is 0 Å². The SMILES string of the molecule is COc1cc2c(Nc3ccc(Br)cc3F)ncnc2cc1OC[C@H]1CN(C)CCO1. The Balaban J connectivity index is 1.60. The monoisotopic (exact) mass is 476 g/mol. The van der Waals surface area contributed by atoms with Crippen LogP contribution < -0.4 is 14.8 Å². The van der Waals surface area contributed by atoms with E-state index in [2.05, 4.69) is 43.2 Å². The second kappa shape index (κ2) is 9.11. The van der Waals surface area contributed by atoms with Crippen molar-refractivity contribution in [2.24, 2.45) is 0 Å². The van der Waals surface area contributed by atoms with Crippen LogP contribution >= 0.6 is 15.9 Å². The van der Waals surface area contributed by atoms with Crippen molar-refractivity contribution in [3.8, 4) is 11.5 Å². The smallest absolute Gasteiger partial charge is 0.163 e. The molecule has 1 atom stereocenters. The summed E-state index contributed by atoms with van der Waals surface area (Å²) in [6.45, 7) is 2.83. The molecule has 158 valence electrons. The molecule has 7 nitrogen and oxygen atoms in total. The fraction of sp³-hybridized carbons (Fsp3) is 0.333. The van der Waals surface area contributed by atoms with Crippen molar-refractivity contribution < 1.29 is 18.6 Å². The summed E-state index contributed by atoms with van der Waals surface area (Å²) in [7, 11) is 3.63. The second-order valence-corrected chi connectivity index (χ2v) is 7.97. The topological polar surface area (TPSA) is 68.7 Å². The molecule has 0 aliphatic carbocycles. The van der Waals surface area contributed by atoms with Crippen molar-refractivity contribution in [2.75, 3.05) is 45.8 Å². The molecular weight excluding hydrogens is 455 g/mol. The molecule has 1 aromatic heterocycles. The highest BCUT2D eigenvalue weighted by molar-refractivity contribution is 9.10. The molecule has 0 radical (unpaired) electrons. The zero-order chi connectivity index (χ0) is 21.1. The molecule has 1 aliphatic rings. The average Bonchev–Trinajstić information content (AvgIpc) is 2.74. The van der Waals surface area contributed by atoms with Crippen LogP contribution in [0.3, 0.4) is 0 Å². The molecule has 0 unspecified atom stereocenters. The number of morpholine rings is 1. The number of hydrogen-bond donors (Lipinski definition) is 1. The Bertz CT molecular complexity index is 1050. The highest BCUT2D eigenvalue weighted by Crippen LogP contribution is 2.35. The number of halogens is 2. The van der Waals surface area contributed by atoms with E-state index in [4.69, 9.17) is 14.2 Å². The lowest BCUT2D eigenvalue weighted by Crippen LogP contribution is -2.42. The molecule has 4 rings (SSSR count). The summed E-state index contributed by atoms with van der Waals surface area (Å²) >= 11 is 3.26. The van der Waals surface area contributed by atoms with Gasteiger partial charge in [0.2, 0.25) is 0 Å². The van der Waals surface area contributed by atoms with Gasteiger partial charge in [-0.1, -0.05) is 15.9 Å². The summed E-state index contributed by atoms with van der Waals surface area (Å²) in [6.07, 6.45) is 1.42. The number of rotatable bonds is 6. The maximum atomic E-state index is 14.3. The first-order valence-corrected chi connectivity index (χ1v) is 10.3. The summed E-state index contributed by atoms with van der Waals surface area (Å²) in [4.78, 5) is 10.8. The quantitative estimate of drug-likeness (QED) is 0.576. The molecule has 2 aromatic carbocycles. The maximum Gasteiger partial charge on any atom is 0.163 e. The zero-order valence-corrected chi connectivity index (χ0v) is 18.3. The summed E-state index contributed by atoms with van der Waals surface area (Å²) in [5.41, 5.74) is 0.971. The van der Waals surface area contributed by atoms with Gasteiger partial charge >= 0.3 is 0 Å². The number of nitrogens with zero attached hydrogens (tertiary/aromatic N) is 3. The van der Waals surface area contributed by atoms with Crippen molar-refractivity contribution in [1.82, 2.24) is 14.9 Å². The Kier molecular flexibility index (Phi) is 6.31. The highest BCUT2D eigenvalue weighted by atomic mass is 79.9. The molecule has 3 aromatic rings. The van der Waals surface area contributed by atoms with Gasteiger partial charge < -0.3 is 24.4 Å². The van der Waals surface area contributed by atoms with Crippen molar-refractivity contribution in [1.29, 1.82) is 0 Å². The van der Waals surface area contributed by atoms with Crippen LogP contribution in [0, 0.1) is 5.82 Å². The first-order chi connectivity index (χ1) is 14.5. The van der Waals surface area contributed by atoms with Crippen molar-refractivity contribution in [3.63, 3.8) is 0 Å². The molecule has 0 bridgehead atoms. The fourth-order valence-corrected chi connectivity index (χ4v) is 3.64. The van der Waals surface area contributed by atoms with Gasteiger partial charge in [-0.05, 0) is 31.3 Å². The second-order valence-electron chi connectivity index (χ2n) is 7.06. The van der Waals surface area contributed by atoms with E-state index in [-0.39, 0.29) is 11.9 Å². The van der Waals surface area contributed by atoms with Gasteiger partial charge in [-0.2, -0.15) is 0 Å². The van der Waals surface area contributed by atoms with Gasteiger partial charge in [-0.15, -0.1) is 0 Å². The summed E-state index contributed by atoms with van der Waals surface area (Å²) < 4.78 is 32.2. The molecule has 1 N–H and O–H groups in total. The average molecular weight is 477 g/mol. The molecule has 0 amide bonds. The molecule has 2 heterocycles. The normalized spacial score (nSPS) is 17.1. The third kappa shape index (κ3) is 4.63. The maximum absolute atomic E-state index is 14.3. The third-order valence-corrected chi connectivity index (χ3v) is 5.36. The number of anilines is 2. The van der Waals surface area contributed by atoms with Crippen LogP contribution in [-0.4, -0.2) is 61.4 Å². The van der Waals surface area contributed by atoms with Crippen LogP contribution in [-0.2, 0) is 4.74 Å². The van der Waals surface area contributed by atoms with Crippen LogP contribution in [0.5, 0.6) is 11.5 Å². The van der Waals surface area contributed by atoms with Gasteiger partial charge in [0.25, 0.3) is 0 Å². The predicted molar refractivity (Wildman–Crippen MR) is 116 cm³/mol. The molecule has 1 aliphatic heterocycles. The number of benzene rings is 2. The van der Waals surface area contributed by atoms with Gasteiger partial charge in [-0.3, -0.25) is 0 Å². The Morgan fingerprint density at radius 2 is 2.13 bits per heavy atom. The van der Waals surface area contributed by atoms with E-state index in [0.29, 0.717) is 51.6 Å².